The van der Waals surface area contributed by atoms with Crippen LogP contribution in [0.15, 0.2) is 48.6 Å². The smallest absolute Gasteiger partial charge is 0.201 e. The highest BCUT2D eigenvalue weighted by molar-refractivity contribution is 6.18. The summed E-state index contributed by atoms with van der Waals surface area (Å²) in [7, 11) is 2.97. The number of aryl methyl sites for hydroxylation is 2. The van der Waals surface area contributed by atoms with Crippen molar-refractivity contribution in [2.24, 2.45) is 11.8 Å². The van der Waals surface area contributed by atoms with Gasteiger partial charge in [0, 0.05) is 11.8 Å². The van der Waals surface area contributed by atoms with Crippen LogP contribution in [0.25, 0.3) is 12.2 Å². The van der Waals surface area contributed by atoms with Gasteiger partial charge in [-0.05, 0) is 83.3 Å². The van der Waals surface area contributed by atoms with Gasteiger partial charge in [-0.25, -0.2) is 0 Å². The number of phenols is 4. The van der Waals surface area contributed by atoms with Gasteiger partial charge < -0.3 is 29.9 Å². The fraction of sp³-hybridized carbons (Fsp3) is 0.286. The Bertz CT molecular complexity index is 2000. The minimum atomic E-state index is -0.820. The Morgan fingerprint density at radius 1 is 0.560 bits per heavy atom. The molecule has 0 amide bonds. The summed E-state index contributed by atoms with van der Waals surface area (Å²) in [5.41, 5.74) is 3.78. The zero-order valence-electron chi connectivity index (χ0n) is 29.5. The molecule has 0 radical (unpaired) electrons. The SMILES string of the molecule is COc1cc2c(c(O)c1/C=C\C(C)C)C(=O)c1c(O)cc(C)cc1C2C1c2cc(C)cc(O)c2C(=O)c2c1cc(OC)c(/C=C\C(C)C)c2O. The summed E-state index contributed by atoms with van der Waals surface area (Å²) in [6, 6.07) is 10.1. The van der Waals surface area contributed by atoms with Gasteiger partial charge in [0.2, 0.25) is 11.6 Å². The first-order valence-electron chi connectivity index (χ1n) is 16.7. The van der Waals surface area contributed by atoms with Crippen LogP contribution in [0.5, 0.6) is 34.5 Å². The van der Waals surface area contributed by atoms with Crippen molar-refractivity contribution in [3.63, 3.8) is 0 Å². The zero-order valence-corrected chi connectivity index (χ0v) is 29.5. The summed E-state index contributed by atoms with van der Waals surface area (Å²) in [6.45, 7) is 11.6. The van der Waals surface area contributed by atoms with E-state index in [1.807, 2.05) is 52.0 Å². The maximum atomic E-state index is 14.4. The lowest BCUT2D eigenvalue weighted by Gasteiger charge is -2.39. The number of hydrogen-bond donors (Lipinski definition) is 4. The molecular weight excluding hydrogens is 632 g/mol. The topological polar surface area (TPSA) is 134 Å². The molecule has 0 spiro atoms. The Hall–Kier alpha value is -5.50. The van der Waals surface area contributed by atoms with Crippen molar-refractivity contribution in [2.45, 2.75) is 53.4 Å². The molecule has 0 heterocycles. The number of hydrogen-bond acceptors (Lipinski definition) is 8. The number of allylic oxidation sites excluding steroid dienone is 2. The number of carbonyl (C=O) groups is 2. The minimum absolute atomic E-state index is 0.00425. The lowest BCUT2D eigenvalue weighted by Crippen LogP contribution is -2.30. The number of benzene rings is 4. The lowest BCUT2D eigenvalue weighted by molar-refractivity contribution is 0.101. The highest BCUT2D eigenvalue weighted by Crippen LogP contribution is 2.58. The molecule has 2 unspecified atom stereocenters. The first-order valence-corrected chi connectivity index (χ1v) is 16.7. The van der Waals surface area contributed by atoms with Gasteiger partial charge in [0.25, 0.3) is 0 Å². The van der Waals surface area contributed by atoms with Gasteiger partial charge >= 0.3 is 0 Å². The van der Waals surface area contributed by atoms with Crippen LogP contribution < -0.4 is 9.47 Å². The third kappa shape index (κ3) is 5.39. The molecule has 0 saturated heterocycles. The fourth-order valence-corrected chi connectivity index (χ4v) is 7.44. The molecule has 2 atom stereocenters. The second-order valence-corrected chi connectivity index (χ2v) is 13.9. The van der Waals surface area contributed by atoms with Crippen LogP contribution in [0.1, 0.15) is 116 Å². The average Bonchev–Trinajstić information content (AvgIpc) is 3.03. The lowest BCUT2D eigenvalue weighted by atomic mass is 9.63. The van der Waals surface area contributed by atoms with Gasteiger partial charge in [-0.3, -0.25) is 9.59 Å². The van der Waals surface area contributed by atoms with E-state index in [0.717, 1.165) is 0 Å². The standard InChI is InChI=1S/C42H42O8/c1-19(2)9-11-23-31(49-7)17-27-33(25-13-21(5)15-29(43)35(25)41(47)37(27)39(23)45)34-26-14-22(6)16-30(44)36(26)42(48)38-28(34)18-32(50-8)24(40(38)46)12-10-20(3)4/h9-20,33-34,43-46H,1-8H3/b11-9-,12-10-. The predicted octanol–water partition coefficient (Wildman–Crippen LogP) is 8.53. The molecule has 2 aliphatic carbocycles. The number of fused-ring (bicyclic) bond motifs is 4. The Balaban J connectivity index is 1.79. The van der Waals surface area contributed by atoms with Crippen LogP contribution in [0.3, 0.4) is 0 Å². The maximum Gasteiger partial charge on any atom is 0.201 e. The molecule has 8 nitrogen and oxygen atoms in total. The van der Waals surface area contributed by atoms with Gasteiger partial charge in [0.15, 0.2) is 0 Å². The quantitative estimate of drug-likeness (QED) is 0.153. The van der Waals surface area contributed by atoms with Crippen molar-refractivity contribution in [3.8, 4) is 34.5 Å². The van der Waals surface area contributed by atoms with Gasteiger partial charge in [-0.2, -0.15) is 0 Å². The summed E-state index contributed by atoms with van der Waals surface area (Å²) in [4.78, 5) is 28.8. The molecule has 4 aromatic carbocycles. The van der Waals surface area contributed by atoms with E-state index in [4.69, 9.17) is 9.47 Å². The summed E-state index contributed by atoms with van der Waals surface area (Å²) >= 11 is 0. The van der Waals surface area contributed by atoms with E-state index in [1.165, 1.54) is 26.4 Å². The molecular formula is C42H42O8. The second-order valence-electron chi connectivity index (χ2n) is 13.9. The van der Waals surface area contributed by atoms with Crippen molar-refractivity contribution in [3.05, 3.63) is 115 Å². The van der Waals surface area contributed by atoms with E-state index in [2.05, 4.69) is 0 Å². The van der Waals surface area contributed by atoms with Crippen LogP contribution in [-0.4, -0.2) is 46.2 Å². The van der Waals surface area contributed by atoms with Crippen LogP contribution in [0.2, 0.25) is 0 Å². The molecule has 4 aromatic rings. The van der Waals surface area contributed by atoms with Gasteiger partial charge in [0.05, 0.1) is 47.6 Å². The maximum absolute atomic E-state index is 14.4. The molecule has 50 heavy (non-hydrogen) atoms. The Labute approximate surface area is 292 Å². The van der Waals surface area contributed by atoms with Gasteiger partial charge in [-0.15, -0.1) is 0 Å². The van der Waals surface area contributed by atoms with E-state index in [0.29, 0.717) is 56.0 Å². The largest absolute Gasteiger partial charge is 0.507 e. The van der Waals surface area contributed by atoms with Crippen molar-refractivity contribution in [1.29, 1.82) is 0 Å². The number of phenolic OH excluding ortho intramolecular Hbond substituents is 4. The van der Waals surface area contributed by atoms with Crippen LogP contribution >= 0.6 is 0 Å². The van der Waals surface area contributed by atoms with Crippen LogP contribution in [0.4, 0.5) is 0 Å². The van der Waals surface area contributed by atoms with Crippen LogP contribution in [0, 0.1) is 25.7 Å². The van der Waals surface area contributed by atoms with Crippen molar-refractivity contribution < 1.29 is 39.5 Å². The number of ether oxygens (including phenoxy) is 2. The predicted molar refractivity (Wildman–Crippen MR) is 193 cm³/mol. The van der Waals surface area contributed by atoms with E-state index >= 15 is 0 Å². The minimum Gasteiger partial charge on any atom is -0.507 e. The number of rotatable bonds is 7. The Kier molecular flexibility index (Phi) is 8.76. The van der Waals surface area contributed by atoms with Crippen molar-refractivity contribution in [2.75, 3.05) is 14.2 Å². The molecule has 0 aromatic heterocycles. The summed E-state index contributed by atoms with van der Waals surface area (Å²) in [6.07, 6.45) is 7.20. The molecule has 6 rings (SSSR count). The monoisotopic (exact) mass is 674 g/mol. The van der Waals surface area contributed by atoms with Gasteiger partial charge in [-0.1, -0.05) is 64.1 Å². The molecule has 258 valence electrons. The number of carbonyl (C=O) groups excluding carboxylic acids is 2. The average molecular weight is 675 g/mol. The summed E-state index contributed by atoms with van der Waals surface area (Å²) in [5, 5.41) is 46.6. The summed E-state index contributed by atoms with van der Waals surface area (Å²) < 4.78 is 11.6. The highest BCUT2D eigenvalue weighted by Gasteiger charge is 2.47. The first-order chi connectivity index (χ1) is 23.7. The molecule has 4 N–H and O–H groups in total. The van der Waals surface area contributed by atoms with E-state index in [1.54, 1.807) is 38.1 Å². The molecule has 0 saturated carbocycles. The van der Waals surface area contributed by atoms with E-state index in [9.17, 15) is 30.0 Å². The third-order valence-electron chi connectivity index (χ3n) is 9.57. The first kappa shape index (κ1) is 34.4. The fourth-order valence-electron chi connectivity index (χ4n) is 7.44. The highest BCUT2D eigenvalue weighted by atomic mass is 16.5. The summed E-state index contributed by atoms with van der Waals surface area (Å²) in [5.74, 6) is -2.93. The molecule has 8 heteroatoms. The third-order valence-corrected chi connectivity index (χ3v) is 9.57. The number of ketones is 2. The number of aromatic hydroxyl groups is 4. The number of methoxy groups -OCH3 is 2. The van der Waals surface area contributed by atoms with Crippen molar-refractivity contribution >= 4 is 23.7 Å². The molecule has 0 aliphatic heterocycles. The van der Waals surface area contributed by atoms with E-state index in [-0.39, 0.29) is 57.1 Å². The molecule has 0 fully saturated rings. The molecule has 2 aliphatic rings. The Morgan fingerprint density at radius 2 is 0.900 bits per heavy atom. The van der Waals surface area contributed by atoms with Crippen molar-refractivity contribution in [1.82, 2.24) is 0 Å². The Morgan fingerprint density at radius 3 is 1.22 bits per heavy atom. The normalized spacial score (nSPS) is 16.6. The van der Waals surface area contributed by atoms with E-state index < -0.39 is 23.4 Å². The van der Waals surface area contributed by atoms with Crippen LogP contribution in [-0.2, 0) is 0 Å². The second kappa shape index (κ2) is 12.8. The van der Waals surface area contributed by atoms with Gasteiger partial charge in [0.1, 0.15) is 34.5 Å². The molecule has 0 bridgehead atoms. The zero-order chi connectivity index (χ0) is 36.3.